The van der Waals surface area contributed by atoms with Gasteiger partial charge in [0.1, 0.15) is 0 Å². The summed E-state index contributed by atoms with van der Waals surface area (Å²) in [5.41, 5.74) is -0.234. The van der Waals surface area contributed by atoms with E-state index in [0.29, 0.717) is 0 Å². The third-order valence-corrected chi connectivity index (χ3v) is 2.15. The Balaban J connectivity index is 3.28. The molecule has 86 valence electrons. The van der Waals surface area contributed by atoms with Crippen LogP contribution in [0.2, 0.25) is 5.02 Å². The summed E-state index contributed by atoms with van der Waals surface area (Å²) in [7, 11) is 1.36. The maximum Gasteiger partial charge on any atom is 0.273 e. The van der Waals surface area contributed by atoms with Crippen molar-refractivity contribution in [3.8, 4) is 11.5 Å². The van der Waals surface area contributed by atoms with E-state index in [4.69, 9.17) is 16.8 Å². The molecule has 1 aromatic rings. The van der Waals surface area contributed by atoms with Crippen molar-refractivity contribution in [2.24, 2.45) is 5.16 Å². The molecule has 1 amide bonds. The fraction of sp³-hybridized carbons (Fsp3) is 0.111. The van der Waals surface area contributed by atoms with Crippen LogP contribution >= 0.6 is 11.6 Å². The number of hydrogen-bond acceptors (Lipinski definition) is 5. The number of carbonyl (C=O) groups is 1. The van der Waals surface area contributed by atoms with E-state index in [1.54, 1.807) is 0 Å². The van der Waals surface area contributed by atoms with Crippen LogP contribution in [0.5, 0.6) is 11.5 Å². The second kappa shape index (κ2) is 4.71. The molecule has 1 rings (SSSR count). The molecular weight excluding hydrogens is 236 g/mol. The first kappa shape index (κ1) is 12.1. The van der Waals surface area contributed by atoms with E-state index in [-0.39, 0.29) is 16.3 Å². The third kappa shape index (κ3) is 2.17. The van der Waals surface area contributed by atoms with Gasteiger partial charge in [-0.3, -0.25) is 4.79 Å². The lowest BCUT2D eigenvalue weighted by molar-refractivity contribution is -0.114. The van der Waals surface area contributed by atoms with Crippen molar-refractivity contribution < 1.29 is 20.2 Å². The lowest BCUT2D eigenvalue weighted by atomic mass is 10.1. The summed E-state index contributed by atoms with van der Waals surface area (Å²) in [6, 6.07) is 2.26. The topological polar surface area (TPSA) is 102 Å². The SMILES string of the molecule is CNC(=O)/C(=N\O)c1cc(O)c(O)c(Cl)c1. The normalized spacial score (nSPS) is 11.2. The minimum absolute atomic E-state index is 0.0853. The molecule has 0 spiro atoms. The predicted molar refractivity (Wildman–Crippen MR) is 57.2 cm³/mol. The van der Waals surface area contributed by atoms with Crippen LogP contribution in [-0.4, -0.2) is 34.1 Å². The number of phenols is 2. The summed E-state index contributed by atoms with van der Waals surface area (Å²) in [5, 5.41) is 32.0. The molecule has 0 fully saturated rings. The monoisotopic (exact) mass is 244 g/mol. The number of nitrogens with zero attached hydrogens (tertiary/aromatic N) is 1. The predicted octanol–water partition coefficient (Wildman–Crippen LogP) is 0.675. The summed E-state index contributed by atoms with van der Waals surface area (Å²) >= 11 is 5.59. The van der Waals surface area contributed by atoms with Gasteiger partial charge in [-0.15, -0.1) is 0 Å². The van der Waals surface area contributed by atoms with Gasteiger partial charge in [-0.25, -0.2) is 0 Å². The number of halogens is 1. The maximum atomic E-state index is 11.3. The zero-order valence-corrected chi connectivity index (χ0v) is 8.99. The van der Waals surface area contributed by atoms with Gasteiger partial charge in [0.05, 0.1) is 5.02 Å². The second-order valence-electron chi connectivity index (χ2n) is 2.85. The fourth-order valence-electron chi connectivity index (χ4n) is 1.07. The van der Waals surface area contributed by atoms with Crippen LogP contribution in [0.4, 0.5) is 0 Å². The molecule has 0 aliphatic rings. The molecule has 0 atom stereocenters. The van der Waals surface area contributed by atoms with Gasteiger partial charge in [-0.05, 0) is 12.1 Å². The number of amides is 1. The van der Waals surface area contributed by atoms with Gasteiger partial charge in [0, 0.05) is 12.6 Å². The van der Waals surface area contributed by atoms with Crippen LogP contribution in [0, 0.1) is 0 Å². The summed E-state index contributed by atoms with van der Waals surface area (Å²) in [6.07, 6.45) is 0. The van der Waals surface area contributed by atoms with E-state index < -0.39 is 17.4 Å². The molecule has 16 heavy (non-hydrogen) atoms. The maximum absolute atomic E-state index is 11.3. The number of benzene rings is 1. The minimum Gasteiger partial charge on any atom is -0.504 e. The van der Waals surface area contributed by atoms with Crippen LogP contribution in [-0.2, 0) is 4.79 Å². The molecule has 0 saturated heterocycles. The van der Waals surface area contributed by atoms with Gasteiger partial charge >= 0.3 is 0 Å². The van der Waals surface area contributed by atoms with Gasteiger partial charge < -0.3 is 20.7 Å². The molecule has 0 aliphatic heterocycles. The summed E-state index contributed by atoms with van der Waals surface area (Å²) < 4.78 is 0. The standard InChI is InChI=1S/C9H9ClN2O4/c1-11-9(15)7(12-16)4-2-5(10)8(14)6(13)3-4/h2-3,13-14,16H,1H3,(H,11,15)/b12-7-. The van der Waals surface area contributed by atoms with Crippen molar-refractivity contribution in [2.75, 3.05) is 7.05 Å². The molecule has 0 radical (unpaired) electrons. The minimum atomic E-state index is -0.649. The molecule has 0 unspecified atom stereocenters. The Morgan fingerprint density at radius 2 is 2.06 bits per heavy atom. The second-order valence-corrected chi connectivity index (χ2v) is 3.26. The van der Waals surface area contributed by atoms with Crippen molar-refractivity contribution in [2.45, 2.75) is 0 Å². The summed E-state index contributed by atoms with van der Waals surface area (Å²) in [6.45, 7) is 0. The first-order valence-electron chi connectivity index (χ1n) is 4.17. The number of aromatic hydroxyl groups is 2. The zero-order valence-electron chi connectivity index (χ0n) is 8.23. The van der Waals surface area contributed by atoms with E-state index >= 15 is 0 Å². The van der Waals surface area contributed by atoms with Crippen LogP contribution in [0.25, 0.3) is 0 Å². The summed E-state index contributed by atoms with van der Waals surface area (Å²) in [5.74, 6) is -1.66. The quantitative estimate of drug-likeness (QED) is 0.266. The highest BCUT2D eigenvalue weighted by Crippen LogP contribution is 2.34. The number of rotatable bonds is 2. The van der Waals surface area contributed by atoms with E-state index in [0.717, 1.165) is 6.07 Å². The molecule has 4 N–H and O–H groups in total. The van der Waals surface area contributed by atoms with Crippen molar-refractivity contribution in [1.29, 1.82) is 0 Å². The molecule has 0 heterocycles. The average molecular weight is 245 g/mol. The van der Waals surface area contributed by atoms with Crippen LogP contribution in [0.1, 0.15) is 5.56 Å². The smallest absolute Gasteiger partial charge is 0.273 e. The van der Waals surface area contributed by atoms with Crippen molar-refractivity contribution in [3.05, 3.63) is 22.7 Å². The molecule has 0 saturated carbocycles. The Bertz CT molecular complexity index is 436. The van der Waals surface area contributed by atoms with E-state index in [1.165, 1.54) is 13.1 Å². The highest BCUT2D eigenvalue weighted by Gasteiger charge is 2.17. The van der Waals surface area contributed by atoms with Crippen LogP contribution < -0.4 is 5.32 Å². The highest BCUT2D eigenvalue weighted by molar-refractivity contribution is 6.45. The molecule has 1 aromatic carbocycles. The largest absolute Gasteiger partial charge is 0.504 e. The van der Waals surface area contributed by atoms with Gasteiger partial charge in [0.2, 0.25) is 0 Å². The fourth-order valence-corrected chi connectivity index (χ4v) is 1.29. The number of likely N-dealkylation sites (N-methyl/N-ethyl adjacent to an activating group) is 1. The van der Waals surface area contributed by atoms with Crippen molar-refractivity contribution >= 4 is 23.2 Å². The Labute approximate surface area is 95.8 Å². The first-order chi connectivity index (χ1) is 7.51. The van der Waals surface area contributed by atoms with E-state index in [2.05, 4.69) is 10.5 Å². The van der Waals surface area contributed by atoms with Gasteiger partial charge in [-0.2, -0.15) is 0 Å². The van der Waals surface area contributed by atoms with Gasteiger partial charge in [0.25, 0.3) is 5.91 Å². The molecule has 0 bridgehead atoms. The number of phenolic OH excluding ortho intramolecular Hbond substituents is 2. The Morgan fingerprint density at radius 3 is 2.50 bits per heavy atom. The molecule has 0 aromatic heterocycles. The lowest BCUT2D eigenvalue weighted by Gasteiger charge is -2.06. The molecule has 0 aliphatic carbocycles. The Morgan fingerprint density at radius 1 is 1.44 bits per heavy atom. The lowest BCUT2D eigenvalue weighted by Crippen LogP contribution is -2.28. The number of hydrogen-bond donors (Lipinski definition) is 4. The summed E-state index contributed by atoms with van der Waals surface area (Å²) in [4.78, 5) is 11.3. The van der Waals surface area contributed by atoms with E-state index in [1.807, 2.05) is 0 Å². The van der Waals surface area contributed by atoms with Crippen molar-refractivity contribution in [3.63, 3.8) is 0 Å². The number of oxime groups is 1. The van der Waals surface area contributed by atoms with Crippen LogP contribution in [0.3, 0.4) is 0 Å². The molecule has 6 nitrogen and oxygen atoms in total. The molecule has 7 heteroatoms. The van der Waals surface area contributed by atoms with E-state index in [9.17, 15) is 15.0 Å². The first-order valence-corrected chi connectivity index (χ1v) is 4.55. The van der Waals surface area contributed by atoms with Gasteiger partial charge in [-0.1, -0.05) is 16.8 Å². The number of nitrogens with one attached hydrogen (secondary N) is 1. The zero-order chi connectivity index (χ0) is 12.3. The average Bonchev–Trinajstić information content (AvgIpc) is 2.26. The Kier molecular flexibility index (Phi) is 3.57. The third-order valence-electron chi connectivity index (χ3n) is 1.86. The number of carbonyl (C=O) groups excluding carboxylic acids is 1. The highest BCUT2D eigenvalue weighted by atomic mass is 35.5. The van der Waals surface area contributed by atoms with Crippen LogP contribution in [0.15, 0.2) is 17.3 Å². The van der Waals surface area contributed by atoms with Gasteiger partial charge in [0.15, 0.2) is 17.2 Å². The molecular formula is C9H9ClN2O4. The van der Waals surface area contributed by atoms with Crippen molar-refractivity contribution in [1.82, 2.24) is 5.32 Å². The Hall–Kier alpha value is -1.95.